The van der Waals surface area contributed by atoms with E-state index < -0.39 is 0 Å². The number of amides is 1. The lowest BCUT2D eigenvalue weighted by atomic mass is 9.78. The van der Waals surface area contributed by atoms with Crippen molar-refractivity contribution in [1.29, 1.82) is 0 Å². The summed E-state index contributed by atoms with van der Waals surface area (Å²) in [7, 11) is 0. The first-order chi connectivity index (χ1) is 15.0. The predicted molar refractivity (Wildman–Crippen MR) is 127 cm³/mol. The Morgan fingerprint density at radius 1 is 0.968 bits per heavy atom. The van der Waals surface area contributed by atoms with Crippen molar-refractivity contribution in [2.75, 3.05) is 0 Å². The monoisotopic (exact) mass is 417 g/mol. The molecular weight excluding hydrogens is 382 g/mol. The van der Waals surface area contributed by atoms with Crippen LogP contribution < -0.4 is 0 Å². The van der Waals surface area contributed by atoms with E-state index in [9.17, 15) is 4.79 Å². The number of piperidine rings is 1. The molecule has 164 valence electrons. The Morgan fingerprint density at radius 2 is 1.65 bits per heavy atom. The molecule has 2 aliphatic rings. The van der Waals surface area contributed by atoms with Crippen molar-refractivity contribution < 1.29 is 9.53 Å². The third kappa shape index (κ3) is 4.56. The van der Waals surface area contributed by atoms with Crippen LogP contribution >= 0.6 is 0 Å². The van der Waals surface area contributed by atoms with E-state index in [1.807, 2.05) is 35.2 Å². The molecule has 4 rings (SSSR count). The first-order valence-corrected chi connectivity index (χ1v) is 11.8. The number of carbonyl (C=O) groups is 1. The predicted octanol–water partition coefficient (Wildman–Crippen LogP) is 7.28. The largest absolute Gasteiger partial charge is 0.445 e. The summed E-state index contributed by atoms with van der Waals surface area (Å²) in [4.78, 5) is 15.1. The van der Waals surface area contributed by atoms with Gasteiger partial charge in [-0.3, -0.25) is 4.90 Å². The molecule has 0 aliphatic carbocycles. The Hall–Kier alpha value is -2.55. The van der Waals surface area contributed by atoms with Crippen LogP contribution in [0.25, 0.3) is 5.57 Å². The summed E-state index contributed by atoms with van der Waals surface area (Å²) in [5.41, 5.74) is 6.74. The van der Waals surface area contributed by atoms with E-state index in [2.05, 4.69) is 52.0 Å². The Morgan fingerprint density at radius 3 is 2.26 bits per heavy atom. The van der Waals surface area contributed by atoms with E-state index in [0.717, 1.165) is 24.8 Å². The molecule has 3 nitrogen and oxygen atoms in total. The second kappa shape index (κ2) is 9.30. The highest BCUT2D eigenvalue weighted by Gasteiger charge is 2.39. The van der Waals surface area contributed by atoms with Gasteiger partial charge in [0.1, 0.15) is 6.61 Å². The Balaban J connectivity index is 1.62. The fourth-order valence-corrected chi connectivity index (χ4v) is 5.22. The minimum Gasteiger partial charge on any atom is -0.445 e. The van der Waals surface area contributed by atoms with Crippen LogP contribution in [-0.2, 0) is 11.3 Å². The van der Waals surface area contributed by atoms with Gasteiger partial charge < -0.3 is 4.74 Å². The van der Waals surface area contributed by atoms with E-state index >= 15 is 0 Å². The number of rotatable bonds is 5. The van der Waals surface area contributed by atoms with Crippen LogP contribution in [0.5, 0.6) is 0 Å². The smallest absolute Gasteiger partial charge is 0.410 e. The van der Waals surface area contributed by atoms with Gasteiger partial charge in [-0.25, -0.2) is 4.79 Å². The standard InChI is InChI=1S/C28H35NO2/c1-19(2)25-14-9-15-26(20(3)4)27(25)22-16-23-12-8-13-24(17-22)29(23)28(30)31-18-21-10-6-5-7-11-21/h5-7,9-11,14-16,19-20,23-24H,8,12-13,17-18H2,1-4H3. The second-order valence-electron chi connectivity index (χ2n) is 9.62. The Labute approximate surface area is 187 Å². The highest BCUT2D eigenvalue weighted by molar-refractivity contribution is 5.77. The number of hydrogen-bond acceptors (Lipinski definition) is 2. The van der Waals surface area contributed by atoms with Crippen LogP contribution in [0, 0.1) is 0 Å². The highest BCUT2D eigenvalue weighted by Crippen LogP contribution is 2.42. The van der Waals surface area contributed by atoms with Crippen LogP contribution in [0.4, 0.5) is 4.79 Å². The van der Waals surface area contributed by atoms with E-state index in [1.54, 1.807) is 0 Å². The van der Waals surface area contributed by atoms with Gasteiger partial charge in [0.2, 0.25) is 0 Å². The van der Waals surface area contributed by atoms with Crippen molar-refractivity contribution in [3.05, 3.63) is 76.9 Å². The first-order valence-electron chi connectivity index (χ1n) is 11.8. The zero-order valence-corrected chi connectivity index (χ0v) is 19.3. The molecule has 2 bridgehead atoms. The lowest BCUT2D eigenvalue weighted by Gasteiger charge is -2.44. The summed E-state index contributed by atoms with van der Waals surface area (Å²) in [5.74, 6) is 0.951. The molecule has 1 amide bonds. The summed E-state index contributed by atoms with van der Waals surface area (Å²) in [5, 5.41) is 0. The lowest BCUT2D eigenvalue weighted by molar-refractivity contribution is 0.0510. The third-order valence-corrected chi connectivity index (χ3v) is 6.75. The van der Waals surface area contributed by atoms with E-state index in [1.165, 1.54) is 28.7 Å². The van der Waals surface area contributed by atoms with Gasteiger partial charge in [0.05, 0.1) is 6.04 Å². The van der Waals surface area contributed by atoms with E-state index in [0.29, 0.717) is 18.4 Å². The summed E-state index contributed by atoms with van der Waals surface area (Å²) in [6.07, 6.45) is 6.35. The van der Waals surface area contributed by atoms with Crippen LogP contribution in [0.15, 0.2) is 54.6 Å². The maximum absolute atomic E-state index is 13.1. The number of nitrogens with zero attached hydrogens (tertiary/aromatic N) is 1. The van der Waals surface area contributed by atoms with Gasteiger partial charge in [-0.15, -0.1) is 0 Å². The quantitative estimate of drug-likeness (QED) is 0.511. The average molecular weight is 418 g/mol. The second-order valence-corrected chi connectivity index (χ2v) is 9.62. The lowest BCUT2D eigenvalue weighted by Crippen LogP contribution is -2.51. The summed E-state index contributed by atoms with van der Waals surface area (Å²) < 4.78 is 5.73. The van der Waals surface area contributed by atoms with Gasteiger partial charge >= 0.3 is 6.09 Å². The molecule has 2 aromatic carbocycles. The van der Waals surface area contributed by atoms with Gasteiger partial charge in [0, 0.05) is 6.04 Å². The van der Waals surface area contributed by atoms with E-state index in [-0.39, 0.29) is 18.2 Å². The molecule has 2 aromatic rings. The van der Waals surface area contributed by atoms with Crippen LogP contribution in [0.2, 0.25) is 0 Å². The van der Waals surface area contributed by atoms with Crippen molar-refractivity contribution in [3.8, 4) is 0 Å². The number of fused-ring (bicyclic) bond motifs is 2. The fraction of sp³-hybridized carbons (Fsp3) is 0.464. The van der Waals surface area contributed by atoms with Crippen LogP contribution in [0.3, 0.4) is 0 Å². The van der Waals surface area contributed by atoms with Gasteiger partial charge in [0.25, 0.3) is 0 Å². The van der Waals surface area contributed by atoms with Crippen molar-refractivity contribution in [2.24, 2.45) is 0 Å². The molecule has 0 N–H and O–H groups in total. The molecule has 2 heterocycles. The maximum atomic E-state index is 13.1. The molecule has 1 saturated heterocycles. The van der Waals surface area contributed by atoms with Crippen LogP contribution in [-0.4, -0.2) is 23.1 Å². The first kappa shape index (κ1) is 21.7. The summed E-state index contributed by atoms with van der Waals surface area (Å²) in [6, 6.07) is 17.0. The summed E-state index contributed by atoms with van der Waals surface area (Å²) >= 11 is 0. The van der Waals surface area contributed by atoms with Gasteiger partial charge in [0.15, 0.2) is 0 Å². The SMILES string of the molecule is CC(C)c1cccc(C(C)C)c1C1=CC2CCCC(C1)N2C(=O)OCc1ccccc1. The molecular formula is C28H35NO2. The Kier molecular flexibility index (Phi) is 6.50. The minimum atomic E-state index is -0.171. The minimum absolute atomic E-state index is 0.131. The Bertz CT molecular complexity index is 918. The molecule has 2 atom stereocenters. The highest BCUT2D eigenvalue weighted by atomic mass is 16.6. The maximum Gasteiger partial charge on any atom is 0.410 e. The molecule has 1 fully saturated rings. The van der Waals surface area contributed by atoms with Gasteiger partial charge in [-0.1, -0.05) is 82.3 Å². The number of hydrogen-bond donors (Lipinski definition) is 0. The molecule has 3 heteroatoms. The number of carbonyl (C=O) groups excluding carboxylic acids is 1. The number of ether oxygens (including phenoxy) is 1. The summed E-state index contributed by atoms with van der Waals surface area (Å²) in [6.45, 7) is 9.45. The fourth-order valence-electron chi connectivity index (χ4n) is 5.22. The normalized spacial score (nSPS) is 20.7. The van der Waals surface area contributed by atoms with Crippen molar-refractivity contribution in [3.63, 3.8) is 0 Å². The van der Waals surface area contributed by atoms with Crippen molar-refractivity contribution >= 4 is 11.7 Å². The molecule has 2 unspecified atom stereocenters. The third-order valence-electron chi connectivity index (χ3n) is 6.75. The van der Waals surface area contributed by atoms with Crippen molar-refractivity contribution in [2.45, 2.75) is 83.9 Å². The molecule has 0 spiro atoms. The zero-order valence-electron chi connectivity index (χ0n) is 19.3. The van der Waals surface area contributed by atoms with Crippen LogP contribution in [0.1, 0.15) is 87.5 Å². The molecule has 0 saturated carbocycles. The molecule has 31 heavy (non-hydrogen) atoms. The van der Waals surface area contributed by atoms with E-state index in [4.69, 9.17) is 4.74 Å². The zero-order chi connectivity index (χ0) is 22.0. The number of benzene rings is 2. The van der Waals surface area contributed by atoms with Crippen molar-refractivity contribution in [1.82, 2.24) is 4.90 Å². The molecule has 2 aliphatic heterocycles. The molecule has 0 aromatic heterocycles. The topological polar surface area (TPSA) is 29.5 Å². The molecule has 0 radical (unpaired) electrons. The van der Waals surface area contributed by atoms with Gasteiger partial charge in [-0.05, 0) is 65.3 Å². The average Bonchev–Trinajstić information content (AvgIpc) is 2.76. The van der Waals surface area contributed by atoms with Gasteiger partial charge in [-0.2, -0.15) is 0 Å².